The van der Waals surface area contributed by atoms with Gasteiger partial charge in [-0.15, -0.1) is 0 Å². The Hall–Kier alpha value is -3.03. The van der Waals surface area contributed by atoms with Crippen LogP contribution in [0.3, 0.4) is 0 Å². The van der Waals surface area contributed by atoms with Crippen LogP contribution in [0, 0.1) is 0 Å². The summed E-state index contributed by atoms with van der Waals surface area (Å²) in [7, 11) is 1.48. The molecule has 0 aliphatic carbocycles. The number of amides is 1. The second-order valence-electron chi connectivity index (χ2n) is 5.81. The Labute approximate surface area is 148 Å². The Morgan fingerprint density at radius 3 is 2.69 bits per heavy atom. The smallest absolute Gasteiger partial charge is 0.320 e. The molecule has 6 nitrogen and oxygen atoms in total. The van der Waals surface area contributed by atoms with Crippen LogP contribution in [-0.4, -0.2) is 34.1 Å². The number of nitrogens with zero attached hydrogens (tertiary/aromatic N) is 3. The van der Waals surface area contributed by atoms with Gasteiger partial charge in [0, 0.05) is 24.7 Å². The molecule has 0 saturated heterocycles. The Kier molecular flexibility index (Phi) is 5.11. The molecule has 8 heteroatoms. The highest BCUT2D eigenvalue weighted by Gasteiger charge is 2.22. The van der Waals surface area contributed by atoms with Crippen LogP contribution in [0.25, 0.3) is 11.0 Å². The van der Waals surface area contributed by atoms with Crippen LogP contribution in [0.2, 0.25) is 0 Å². The van der Waals surface area contributed by atoms with Crippen molar-refractivity contribution in [2.45, 2.75) is 19.4 Å². The number of methoxy groups -OCH3 is 1. The largest absolute Gasteiger partial charge is 0.481 e. The van der Waals surface area contributed by atoms with E-state index in [4.69, 9.17) is 4.74 Å². The van der Waals surface area contributed by atoms with Gasteiger partial charge in [-0.1, -0.05) is 19.1 Å². The van der Waals surface area contributed by atoms with Gasteiger partial charge >= 0.3 is 6.55 Å². The average molecular weight is 360 g/mol. The predicted octanol–water partition coefficient (Wildman–Crippen LogP) is 3.37. The molecule has 136 valence electrons. The van der Waals surface area contributed by atoms with Gasteiger partial charge in [-0.2, -0.15) is 8.78 Å². The average Bonchev–Trinajstić information content (AvgIpc) is 3.05. The number of ether oxygens (including phenoxy) is 1. The number of aromatic nitrogens is 3. The molecule has 1 amide bonds. The first-order valence-electron chi connectivity index (χ1n) is 8.04. The second-order valence-corrected chi connectivity index (χ2v) is 5.81. The maximum absolute atomic E-state index is 13.5. The van der Waals surface area contributed by atoms with E-state index < -0.39 is 12.5 Å². The molecule has 3 aromatic rings. The fraction of sp³-hybridized carbons (Fsp3) is 0.278. The van der Waals surface area contributed by atoms with Crippen LogP contribution >= 0.6 is 0 Å². The Bertz CT molecular complexity index is 909. The zero-order chi connectivity index (χ0) is 18.7. The molecule has 1 aromatic carbocycles. The highest BCUT2D eigenvalue weighted by atomic mass is 19.3. The first-order valence-corrected chi connectivity index (χ1v) is 8.04. The lowest BCUT2D eigenvalue weighted by atomic mass is 10.1. The molecule has 0 aliphatic rings. The minimum atomic E-state index is -2.71. The summed E-state index contributed by atoms with van der Waals surface area (Å²) in [5, 5.41) is 2.73. The van der Waals surface area contributed by atoms with Gasteiger partial charge in [0.2, 0.25) is 5.88 Å². The molecule has 0 unspecified atom stereocenters. The normalized spacial score (nSPS) is 12.3. The Balaban J connectivity index is 1.75. The highest BCUT2D eigenvalue weighted by molar-refractivity contribution is 5.93. The van der Waals surface area contributed by atoms with Crippen molar-refractivity contribution in [1.82, 2.24) is 19.9 Å². The quantitative estimate of drug-likeness (QED) is 0.732. The molecule has 0 radical (unpaired) electrons. The summed E-state index contributed by atoms with van der Waals surface area (Å²) in [5.74, 6) is -0.104. The van der Waals surface area contributed by atoms with E-state index in [0.29, 0.717) is 22.5 Å². The third-order valence-electron chi connectivity index (χ3n) is 4.04. The molecule has 3 rings (SSSR count). The Morgan fingerprint density at radius 1 is 1.27 bits per heavy atom. The number of rotatable bonds is 6. The molecule has 0 fully saturated rings. The van der Waals surface area contributed by atoms with E-state index in [2.05, 4.69) is 15.3 Å². The zero-order valence-corrected chi connectivity index (χ0v) is 14.3. The van der Waals surface area contributed by atoms with Crippen LogP contribution < -0.4 is 10.1 Å². The summed E-state index contributed by atoms with van der Waals surface area (Å²) in [5.41, 5.74) is 1.23. The van der Waals surface area contributed by atoms with Gasteiger partial charge in [-0.25, -0.2) is 9.97 Å². The van der Waals surface area contributed by atoms with Gasteiger partial charge < -0.3 is 10.1 Å². The fourth-order valence-corrected chi connectivity index (χ4v) is 2.69. The van der Waals surface area contributed by atoms with Crippen LogP contribution in [0.5, 0.6) is 5.88 Å². The van der Waals surface area contributed by atoms with Gasteiger partial charge in [0.05, 0.1) is 23.7 Å². The maximum Gasteiger partial charge on any atom is 0.320 e. The minimum Gasteiger partial charge on any atom is -0.481 e. The van der Waals surface area contributed by atoms with E-state index in [0.717, 1.165) is 4.57 Å². The third kappa shape index (κ3) is 3.49. The number of pyridine rings is 1. The molecule has 1 atom stereocenters. The number of imidazole rings is 1. The second kappa shape index (κ2) is 7.47. The molecule has 1 N–H and O–H groups in total. The summed E-state index contributed by atoms with van der Waals surface area (Å²) >= 11 is 0. The van der Waals surface area contributed by atoms with Crippen molar-refractivity contribution in [1.29, 1.82) is 0 Å². The molecular weight excluding hydrogens is 342 g/mol. The van der Waals surface area contributed by atoms with Crippen molar-refractivity contribution in [3.05, 3.63) is 54.0 Å². The van der Waals surface area contributed by atoms with Crippen LogP contribution in [0.1, 0.15) is 35.6 Å². The van der Waals surface area contributed by atoms with Crippen molar-refractivity contribution in [2.75, 3.05) is 13.7 Å². The van der Waals surface area contributed by atoms with E-state index in [1.54, 1.807) is 43.3 Å². The van der Waals surface area contributed by atoms with Crippen LogP contribution in [0.15, 0.2) is 42.6 Å². The zero-order valence-electron chi connectivity index (χ0n) is 14.3. The standard InChI is InChI=1S/C18H18F2N4O2/c1-11(9-22-17(25)12-7-8-15(26-2)21-10-12)16-23-13-5-3-4-6-14(13)24(16)18(19)20/h3-8,10-11,18H,9H2,1-2H3,(H,22,25)/t11-/m1/s1. The van der Waals surface area contributed by atoms with Gasteiger partial charge in [0.15, 0.2) is 0 Å². The molecule has 26 heavy (non-hydrogen) atoms. The third-order valence-corrected chi connectivity index (χ3v) is 4.04. The lowest BCUT2D eigenvalue weighted by Crippen LogP contribution is -2.28. The van der Waals surface area contributed by atoms with Crippen molar-refractivity contribution in [2.24, 2.45) is 0 Å². The number of fused-ring (bicyclic) bond motifs is 1. The topological polar surface area (TPSA) is 69.0 Å². The number of hydrogen-bond donors (Lipinski definition) is 1. The minimum absolute atomic E-state index is 0.168. The first-order chi connectivity index (χ1) is 12.5. The van der Waals surface area contributed by atoms with E-state index in [1.807, 2.05) is 0 Å². The number of alkyl halides is 2. The summed E-state index contributed by atoms with van der Waals surface area (Å²) in [4.78, 5) is 20.5. The Morgan fingerprint density at radius 2 is 2.04 bits per heavy atom. The van der Waals surface area contributed by atoms with E-state index in [9.17, 15) is 13.6 Å². The number of hydrogen-bond acceptors (Lipinski definition) is 4. The molecule has 0 saturated carbocycles. The van der Waals surface area contributed by atoms with Crippen molar-refractivity contribution >= 4 is 16.9 Å². The predicted molar refractivity (Wildman–Crippen MR) is 92.5 cm³/mol. The summed E-state index contributed by atoms with van der Waals surface area (Å²) < 4.78 is 32.9. The number of carbonyl (C=O) groups excluding carboxylic acids is 1. The van der Waals surface area contributed by atoms with Crippen LogP contribution in [-0.2, 0) is 0 Å². The molecule has 2 aromatic heterocycles. The van der Waals surface area contributed by atoms with Crippen molar-refractivity contribution in [3.8, 4) is 5.88 Å². The lowest BCUT2D eigenvalue weighted by molar-refractivity contribution is 0.0704. The lowest BCUT2D eigenvalue weighted by Gasteiger charge is -2.15. The van der Waals surface area contributed by atoms with Crippen molar-refractivity contribution < 1.29 is 18.3 Å². The molecule has 0 aliphatic heterocycles. The fourth-order valence-electron chi connectivity index (χ4n) is 2.69. The van der Waals surface area contributed by atoms with E-state index in [1.165, 1.54) is 13.3 Å². The monoisotopic (exact) mass is 360 g/mol. The number of benzene rings is 1. The highest BCUT2D eigenvalue weighted by Crippen LogP contribution is 2.27. The SMILES string of the molecule is COc1ccc(C(=O)NC[C@@H](C)c2nc3ccccc3n2C(F)F)cn1. The number of halogens is 2. The van der Waals surface area contributed by atoms with Gasteiger partial charge in [0.1, 0.15) is 5.82 Å². The van der Waals surface area contributed by atoms with E-state index >= 15 is 0 Å². The van der Waals surface area contributed by atoms with Crippen molar-refractivity contribution in [3.63, 3.8) is 0 Å². The molecule has 0 bridgehead atoms. The number of para-hydroxylation sites is 2. The van der Waals surface area contributed by atoms with Gasteiger partial charge in [-0.05, 0) is 18.2 Å². The number of carbonyl (C=O) groups is 1. The maximum atomic E-state index is 13.5. The summed E-state index contributed by atoms with van der Waals surface area (Å²) in [6.07, 6.45) is 1.40. The summed E-state index contributed by atoms with van der Waals surface area (Å²) in [6.45, 7) is -0.797. The first kappa shape index (κ1) is 17.8. The van der Waals surface area contributed by atoms with Gasteiger partial charge in [-0.3, -0.25) is 9.36 Å². The van der Waals surface area contributed by atoms with E-state index in [-0.39, 0.29) is 18.3 Å². The molecule has 0 spiro atoms. The number of nitrogens with one attached hydrogen (secondary N) is 1. The van der Waals surface area contributed by atoms with Crippen LogP contribution in [0.4, 0.5) is 8.78 Å². The summed E-state index contributed by atoms with van der Waals surface area (Å²) in [6, 6.07) is 9.89. The van der Waals surface area contributed by atoms with Gasteiger partial charge in [0.25, 0.3) is 5.91 Å². The molecule has 2 heterocycles. The molecular formula is C18H18F2N4O2.